The minimum Gasteiger partial charge on any atom is -0.325 e. The van der Waals surface area contributed by atoms with Crippen LogP contribution in [0.5, 0.6) is 0 Å². The van der Waals surface area contributed by atoms with Crippen LogP contribution in [0.15, 0.2) is 0 Å². The molecule has 1 atom stereocenters. The Morgan fingerprint density at radius 1 is 1.25 bits per heavy atom. The second-order valence-electron chi connectivity index (χ2n) is 4.64. The molecule has 86 valence electrons. The summed E-state index contributed by atoms with van der Waals surface area (Å²) in [5.74, 6) is 0.125. The maximum atomic E-state index is 11.6. The molecule has 1 aliphatic heterocycles. The molecule has 1 aromatic heterocycles. The molecule has 0 spiro atoms. The second-order valence-corrected chi connectivity index (χ2v) is 5.78. The fourth-order valence-corrected chi connectivity index (χ4v) is 3.99. The molecule has 0 saturated heterocycles. The zero-order valence-corrected chi connectivity index (χ0v) is 10.0. The molecule has 1 unspecified atom stereocenters. The van der Waals surface area contributed by atoms with E-state index >= 15 is 0 Å². The number of hydrogen-bond acceptors (Lipinski definition) is 3. The Hall–Kier alpha value is -0.870. The summed E-state index contributed by atoms with van der Waals surface area (Å²) in [5, 5.41) is 3.05. The normalized spacial score (nSPS) is 24.3. The van der Waals surface area contributed by atoms with Gasteiger partial charge in [0, 0.05) is 22.2 Å². The summed E-state index contributed by atoms with van der Waals surface area (Å²) in [5.41, 5.74) is 8.58. The van der Waals surface area contributed by atoms with Crippen LogP contribution in [0.3, 0.4) is 0 Å². The van der Waals surface area contributed by atoms with Gasteiger partial charge in [-0.1, -0.05) is 0 Å². The van der Waals surface area contributed by atoms with Crippen LogP contribution in [0.25, 0.3) is 0 Å². The first-order valence-corrected chi connectivity index (χ1v) is 6.77. The Morgan fingerprint density at radius 2 is 2.06 bits per heavy atom. The predicted octanol–water partition coefficient (Wildman–Crippen LogP) is 2.36. The van der Waals surface area contributed by atoms with Gasteiger partial charge >= 0.3 is 0 Å². The second kappa shape index (κ2) is 3.86. The first kappa shape index (κ1) is 10.3. The molecule has 0 aromatic carbocycles. The highest BCUT2D eigenvalue weighted by molar-refractivity contribution is 7.13. The van der Waals surface area contributed by atoms with Gasteiger partial charge in [0.2, 0.25) is 5.91 Å². The van der Waals surface area contributed by atoms with E-state index in [0.717, 1.165) is 24.9 Å². The maximum Gasteiger partial charge on any atom is 0.224 e. The lowest BCUT2D eigenvalue weighted by Crippen LogP contribution is -2.11. The summed E-state index contributed by atoms with van der Waals surface area (Å²) in [6.07, 6.45) is 6.11. The minimum absolute atomic E-state index is 0.0459. The van der Waals surface area contributed by atoms with Crippen LogP contribution < -0.4 is 11.1 Å². The Bertz CT molecular complexity index is 438. The Kier molecular flexibility index (Phi) is 2.48. The van der Waals surface area contributed by atoms with Crippen molar-refractivity contribution in [1.82, 2.24) is 0 Å². The third-order valence-electron chi connectivity index (χ3n) is 3.48. The van der Waals surface area contributed by atoms with Crippen molar-refractivity contribution in [2.45, 2.75) is 44.6 Å². The number of anilines is 1. The first-order chi connectivity index (χ1) is 7.75. The molecular weight excluding hydrogens is 220 g/mol. The number of aryl methyl sites for hydroxylation is 1. The van der Waals surface area contributed by atoms with Crippen molar-refractivity contribution in [3.63, 3.8) is 0 Å². The van der Waals surface area contributed by atoms with Gasteiger partial charge in [-0.3, -0.25) is 4.79 Å². The number of carbonyl (C=O) groups is 1. The maximum absolute atomic E-state index is 11.6. The average Bonchev–Trinajstić information content (AvgIpc) is 2.59. The van der Waals surface area contributed by atoms with E-state index in [2.05, 4.69) is 5.32 Å². The lowest BCUT2D eigenvalue weighted by atomic mass is 9.97. The summed E-state index contributed by atoms with van der Waals surface area (Å²) in [7, 11) is 0. The largest absolute Gasteiger partial charge is 0.325 e. The average molecular weight is 236 g/mol. The van der Waals surface area contributed by atoms with E-state index in [0.29, 0.717) is 6.42 Å². The predicted molar refractivity (Wildman–Crippen MR) is 65.8 cm³/mol. The zero-order chi connectivity index (χ0) is 11.1. The van der Waals surface area contributed by atoms with Gasteiger partial charge in [-0.05, 0) is 37.7 Å². The van der Waals surface area contributed by atoms with Crippen LogP contribution >= 0.6 is 11.3 Å². The van der Waals surface area contributed by atoms with Gasteiger partial charge in [0.25, 0.3) is 0 Å². The topological polar surface area (TPSA) is 55.1 Å². The molecule has 1 aromatic rings. The number of fused-ring (bicyclic) bond motifs is 3. The molecule has 4 heteroatoms. The van der Waals surface area contributed by atoms with Gasteiger partial charge in [0.1, 0.15) is 0 Å². The monoisotopic (exact) mass is 236 g/mol. The first-order valence-electron chi connectivity index (χ1n) is 5.95. The van der Waals surface area contributed by atoms with Gasteiger partial charge in [-0.2, -0.15) is 0 Å². The van der Waals surface area contributed by atoms with E-state index in [9.17, 15) is 4.79 Å². The fraction of sp³-hybridized carbons (Fsp3) is 0.583. The molecule has 1 amide bonds. The number of amides is 1. The molecule has 0 radical (unpaired) electrons. The van der Waals surface area contributed by atoms with Crippen LogP contribution in [0, 0.1) is 0 Å². The Morgan fingerprint density at radius 3 is 2.94 bits per heavy atom. The van der Waals surface area contributed by atoms with Gasteiger partial charge < -0.3 is 11.1 Å². The summed E-state index contributed by atoms with van der Waals surface area (Å²) in [6, 6.07) is 0.0459. The number of nitrogens with one attached hydrogen (secondary N) is 1. The summed E-state index contributed by atoms with van der Waals surface area (Å²) < 4.78 is 0. The molecule has 3 nitrogen and oxygen atoms in total. The lowest BCUT2D eigenvalue weighted by Gasteiger charge is -2.12. The molecule has 3 rings (SSSR count). The third-order valence-corrected chi connectivity index (χ3v) is 4.91. The molecular formula is C12H16N2OS. The zero-order valence-electron chi connectivity index (χ0n) is 9.21. The van der Waals surface area contributed by atoms with Crippen molar-refractivity contribution in [2.24, 2.45) is 5.73 Å². The van der Waals surface area contributed by atoms with E-state index in [1.165, 1.54) is 28.2 Å². The van der Waals surface area contributed by atoms with Gasteiger partial charge in [-0.15, -0.1) is 11.3 Å². The molecule has 0 fully saturated rings. The minimum atomic E-state index is 0.0459. The number of rotatable bonds is 0. The number of thiophene rings is 1. The van der Waals surface area contributed by atoms with Crippen molar-refractivity contribution in [2.75, 3.05) is 5.32 Å². The fourth-order valence-electron chi connectivity index (χ4n) is 2.60. The van der Waals surface area contributed by atoms with Crippen molar-refractivity contribution in [1.29, 1.82) is 0 Å². The van der Waals surface area contributed by atoms with Crippen molar-refractivity contribution in [3.8, 4) is 0 Å². The van der Waals surface area contributed by atoms with Crippen LogP contribution in [0.1, 0.15) is 47.0 Å². The van der Waals surface area contributed by atoms with Crippen LogP contribution in [-0.4, -0.2) is 5.91 Å². The van der Waals surface area contributed by atoms with Crippen LogP contribution in [-0.2, 0) is 17.6 Å². The molecule has 2 heterocycles. The van der Waals surface area contributed by atoms with Crippen molar-refractivity contribution >= 4 is 22.9 Å². The molecule has 16 heavy (non-hydrogen) atoms. The Balaban J connectivity index is 2.10. The van der Waals surface area contributed by atoms with E-state index in [1.807, 2.05) is 11.3 Å². The molecule has 2 aliphatic rings. The summed E-state index contributed by atoms with van der Waals surface area (Å²) in [6.45, 7) is 0. The quantitative estimate of drug-likeness (QED) is 0.726. The van der Waals surface area contributed by atoms with Crippen molar-refractivity contribution < 1.29 is 4.79 Å². The molecule has 0 bridgehead atoms. The van der Waals surface area contributed by atoms with E-state index < -0.39 is 0 Å². The van der Waals surface area contributed by atoms with Crippen LogP contribution in [0.2, 0.25) is 0 Å². The SMILES string of the molecule is NC1CCC(=O)Nc2c1sc1c2CCCC1. The van der Waals surface area contributed by atoms with E-state index in [-0.39, 0.29) is 11.9 Å². The van der Waals surface area contributed by atoms with Gasteiger partial charge in [-0.25, -0.2) is 0 Å². The van der Waals surface area contributed by atoms with E-state index in [1.54, 1.807) is 0 Å². The number of hydrogen-bond donors (Lipinski definition) is 2. The van der Waals surface area contributed by atoms with Crippen LogP contribution in [0.4, 0.5) is 5.69 Å². The summed E-state index contributed by atoms with van der Waals surface area (Å²) in [4.78, 5) is 14.3. The van der Waals surface area contributed by atoms with E-state index in [4.69, 9.17) is 5.73 Å². The highest BCUT2D eigenvalue weighted by Crippen LogP contribution is 2.43. The Labute approximate surface area is 99.0 Å². The summed E-state index contributed by atoms with van der Waals surface area (Å²) >= 11 is 1.82. The smallest absolute Gasteiger partial charge is 0.224 e. The highest BCUT2D eigenvalue weighted by atomic mass is 32.1. The lowest BCUT2D eigenvalue weighted by molar-refractivity contribution is -0.116. The highest BCUT2D eigenvalue weighted by Gasteiger charge is 2.27. The standard InChI is InChI=1S/C12H16N2OS/c13-8-5-6-10(15)14-11-7-3-1-2-4-9(7)16-12(8)11/h8H,1-6,13H2,(H,14,15). The van der Waals surface area contributed by atoms with Gasteiger partial charge in [0.05, 0.1) is 5.69 Å². The van der Waals surface area contributed by atoms with Crippen molar-refractivity contribution in [3.05, 3.63) is 15.3 Å². The number of nitrogens with two attached hydrogens (primary N) is 1. The third kappa shape index (κ3) is 1.57. The molecule has 0 saturated carbocycles. The van der Waals surface area contributed by atoms with Gasteiger partial charge in [0.15, 0.2) is 0 Å². The molecule has 1 aliphatic carbocycles. The number of carbonyl (C=O) groups excluding carboxylic acids is 1. The molecule has 3 N–H and O–H groups in total.